The van der Waals surface area contributed by atoms with Gasteiger partial charge in [-0.25, -0.2) is 9.13 Å². The van der Waals surface area contributed by atoms with Crippen molar-refractivity contribution in [2.75, 3.05) is 39.6 Å². The van der Waals surface area contributed by atoms with Gasteiger partial charge in [-0.1, -0.05) is 229 Å². The number of esters is 4. The summed E-state index contributed by atoms with van der Waals surface area (Å²) in [4.78, 5) is 71.9. The molecule has 0 heterocycles. The number of unbranched alkanes of at least 4 members (excludes halogenated alkanes) is 23. The standard InChI is InChI=1S/C60H116O17P2/c1-50(2)36-28-20-12-9-10-14-26-34-42-59(64)76-55(47-71-58(63)41-33-25-18-16-22-30-38-52(5)6)48-74-78(66,67)72-44-54(61)45-73-79(68,69)75-49-56(77-60(65)43-35-27-19-17-23-31-39-53(7)8)46-70-57(62)40-32-24-15-11-13-21-29-37-51(3)4/h50-56,61H,9-49H2,1-8H3,(H,66,67)(H,68,69)/t54-,55+,56+/m0/s1. The molecule has 0 saturated carbocycles. The predicted molar refractivity (Wildman–Crippen MR) is 312 cm³/mol. The summed E-state index contributed by atoms with van der Waals surface area (Å²) in [6.45, 7) is 13.8. The van der Waals surface area contributed by atoms with E-state index in [0.717, 1.165) is 109 Å². The molecule has 0 aliphatic heterocycles. The summed E-state index contributed by atoms with van der Waals surface area (Å²) in [6.07, 6.45) is 28.4. The number of aliphatic hydroxyl groups is 1. The van der Waals surface area contributed by atoms with Crippen molar-refractivity contribution in [3.8, 4) is 0 Å². The molecule has 0 aromatic heterocycles. The van der Waals surface area contributed by atoms with Crippen molar-refractivity contribution in [1.29, 1.82) is 0 Å². The highest BCUT2D eigenvalue weighted by molar-refractivity contribution is 7.47. The molecule has 19 heteroatoms. The smallest absolute Gasteiger partial charge is 0.462 e. The lowest BCUT2D eigenvalue weighted by Crippen LogP contribution is -2.30. The van der Waals surface area contributed by atoms with Crippen LogP contribution in [0.2, 0.25) is 0 Å². The summed E-state index contributed by atoms with van der Waals surface area (Å²) in [5, 5.41) is 10.5. The zero-order valence-corrected chi connectivity index (χ0v) is 52.8. The Balaban J connectivity index is 5.24. The van der Waals surface area contributed by atoms with Gasteiger partial charge in [0.25, 0.3) is 0 Å². The molecule has 0 radical (unpaired) electrons. The lowest BCUT2D eigenvalue weighted by atomic mass is 10.0. The second kappa shape index (κ2) is 50.6. The maximum atomic E-state index is 12.9. The lowest BCUT2D eigenvalue weighted by molar-refractivity contribution is -0.161. The van der Waals surface area contributed by atoms with Crippen LogP contribution >= 0.6 is 15.6 Å². The summed E-state index contributed by atoms with van der Waals surface area (Å²) in [5.41, 5.74) is 0. The Morgan fingerprint density at radius 1 is 0.316 bits per heavy atom. The summed E-state index contributed by atoms with van der Waals surface area (Å²) < 4.78 is 67.7. The van der Waals surface area contributed by atoms with Crippen molar-refractivity contribution in [3.63, 3.8) is 0 Å². The van der Waals surface area contributed by atoms with Crippen LogP contribution in [0.25, 0.3) is 0 Å². The van der Waals surface area contributed by atoms with Crippen molar-refractivity contribution in [2.45, 2.75) is 298 Å². The number of hydrogen-bond donors (Lipinski definition) is 3. The zero-order valence-electron chi connectivity index (χ0n) is 51.0. The normalized spacial score (nSPS) is 14.6. The van der Waals surface area contributed by atoms with E-state index in [9.17, 15) is 43.2 Å². The number of aliphatic hydroxyl groups excluding tert-OH is 1. The van der Waals surface area contributed by atoms with E-state index < -0.39 is 97.5 Å². The Labute approximate surface area is 479 Å². The van der Waals surface area contributed by atoms with E-state index in [2.05, 4.69) is 55.4 Å². The molecule has 2 unspecified atom stereocenters. The number of carbonyl (C=O) groups excluding carboxylic acids is 4. The fraction of sp³-hybridized carbons (Fsp3) is 0.933. The first-order valence-corrected chi connectivity index (χ1v) is 34.2. The molecule has 79 heavy (non-hydrogen) atoms. The Morgan fingerprint density at radius 3 is 0.785 bits per heavy atom. The van der Waals surface area contributed by atoms with Crippen molar-refractivity contribution in [2.24, 2.45) is 23.7 Å². The third kappa shape index (κ3) is 55.0. The minimum atomic E-state index is -4.94. The van der Waals surface area contributed by atoms with Crippen molar-refractivity contribution < 1.29 is 80.2 Å². The van der Waals surface area contributed by atoms with E-state index in [0.29, 0.717) is 43.4 Å². The van der Waals surface area contributed by atoms with E-state index in [-0.39, 0.29) is 25.7 Å². The summed E-state index contributed by atoms with van der Waals surface area (Å²) >= 11 is 0. The van der Waals surface area contributed by atoms with E-state index in [4.69, 9.17) is 37.0 Å². The fourth-order valence-electron chi connectivity index (χ4n) is 8.72. The Kier molecular flexibility index (Phi) is 49.3. The minimum Gasteiger partial charge on any atom is -0.462 e. The molecule has 0 aromatic carbocycles. The topological polar surface area (TPSA) is 237 Å². The number of phosphoric ester groups is 2. The molecule has 0 aromatic rings. The minimum absolute atomic E-state index is 0.100. The van der Waals surface area contributed by atoms with Gasteiger partial charge in [-0.3, -0.25) is 37.3 Å². The maximum Gasteiger partial charge on any atom is 0.472 e. The number of phosphoric acid groups is 2. The largest absolute Gasteiger partial charge is 0.472 e. The molecular weight excluding hydrogens is 1050 g/mol. The lowest BCUT2D eigenvalue weighted by Gasteiger charge is -2.21. The molecule has 0 amide bonds. The van der Waals surface area contributed by atoms with Crippen molar-refractivity contribution >= 4 is 39.5 Å². The van der Waals surface area contributed by atoms with Crippen molar-refractivity contribution in [1.82, 2.24) is 0 Å². The first-order valence-electron chi connectivity index (χ1n) is 31.2. The Bertz CT molecular complexity index is 1590. The van der Waals surface area contributed by atoms with Gasteiger partial charge in [0.2, 0.25) is 0 Å². The first kappa shape index (κ1) is 77.1. The Hall–Kier alpha value is -1.94. The first-order chi connectivity index (χ1) is 37.6. The van der Waals surface area contributed by atoms with Gasteiger partial charge in [-0.2, -0.15) is 0 Å². The van der Waals surface area contributed by atoms with Crippen LogP contribution in [0.3, 0.4) is 0 Å². The number of carbonyl (C=O) groups is 4. The van der Waals surface area contributed by atoms with Crippen LogP contribution in [-0.2, 0) is 65.4 Å². The van der Waals surface area contributed by atoms with Gasteiger partial charge >= 0.3 is 39.5 Å². The fourth-order valence-corrected chi connectivity index (χ4v) is 10.3. The summed E-state index contributed by atoms with van der Waals surface area (Å²) in [5.74, 6) is 0.620. The number of rotatable bonds is 57. The van der Waals surface area contributed by atoms with Gasteiger partial charge in [0.15, 0.2) is 12.2 Å². The van der Waals surface area contributed by atoms with Crippen LogP contribution in [0.15, 0.2) is 0 Å². The average molecular weight is 1170 g/mol. The van der Waals surface area contributed by atoms with Crippen LogP contribution in [0, 0.1) is 23.7 Å². The second-order valence-electron chi connectivity index (χ2n) is 23.6. The molecule has 0 fully saturated rings. The highest BCUT2D eigenvalue weighted by Gasteiger charge is 2.30. The van der Waals surface area contributed by atoms with Crippen LogP contribution in [0.5, 0.6) is 0 Å². The third-order valence-corrected chi connectivity index (χ3v) is 15.5. The van der Waals surface area contributed by atoms with Crippen LogP contribution in [0.1, 0.15) is 280 Å². The summed E-state index contributed by atoms with van der Waals surface area (Å²) in [6, 6.07) is 0. The molecule has 0 aliphatic rings. The monoisotopic (exact) mass is 1170 g/mol. The van der Waals surface area contributed by atoms with E-state index in [1.807, 2.05) is 0 Å². The molecule has 0 bridgehead atoms. The molecule has 0 saturated heterocycles. The van der Waals surface area contributed by atoms with Crippen LogP contribution in [-0.4, -0.2) is 96.7 Å². The highest BCUT2D eigenvalue weighted by Crippen LogP contribution is 2.45. The van der Waals surface area contributed by atoms with Gasteiger partial charge in [-0.15, -0.1) is 0 Å². The van der Waals surface area contributed by atoms with E-state index in [1.165, 1.54) is 70.6 Å². The van der Waals surface area contributed by atoms with Crippen molar-refractivity contribution in [3.05, 3.63) is 0 Å². The predicted octanol–water partition coefficient (Wildman–Crippen LogP) is 15.8. The Morgan fingerprint density at radius 2 is 0.532 bits per heavy atom. The highest BCUT2D eigenvalue weighted by atomic mass is 31.2. The van der Waals surface area contributed by atoms with E-state index >= 15 is 0 Å². The number of ether oxygens (including phenoxy) is 4. The van der Waals surface area contributed by atoms with E-state index in [1.54, 1.807) is 0 Å². The molecule has 5 atom stereocenters. The van der Waals surface area contributed by atoms with Crippen LogP contribution in [0.4, 0.5) is 0 Å². The molecule has 468 valence electrons. The quantitative estimate of drug-likeness (QED) is 0.0222. The molecular formula is C60H116O17P2. The van der Waals surface area contributed by atoms with Crippen LogP contribution < -0.4 is 0 Å². The SMILES string of the molecule is CC(C)CCCCCCCCCCC(=O)O[C@H](COC(=O)CCCCCCCCC(C)C)COP(=O)(O)OC[C@H](O)COP(=O)(O)OC[C@@H](COC(=O)CCCCCCCCCC(C)C)OC(=O)CCCCCCCCC(C)C. The molecule has 3 N–H and O–H groups in total. The molecule has 0 rings (SSSR count). The van der Waals surface area contributed by atoms with Gasteiger partial charge in [0.1, 0.15) is 19.3 Å². The molecule has 0 aliphatic carbocycles. The second-order valence-corrected chi connectivity index (χ2v) is 26.5. The zero-order chi connectivity index (χ0) is 59.0. The average Bonchev–Trinajstić information content (AvgIpc) is 3.38. The van der Waals surface area contributed by atoms with Gasteiger partial charge in [0, 0.05) is 25.7 Å². The van der Waals surface area contributed by atoms with Gasteiger partial charge < -0.3 is 33.8 Å². The van der Waals surface area contributed by atoms with Gasteiger partial charge in [0.05, 0.1) is 26.4 Å². The third-order valence-electron chi connectivity index (χ3n) is 13.6. The summed E-state index contributed by atoms with van der Waals surface area (Å²) in [7, 11) is -9.88. The molecule has 17 nitrogen and oxygen atoms in total. The van der Waals surface area contributed by atoms with Gasteiger partial charge in [-0.05, 0) is 49.4 Å². The number of hydrogen-bond acceptors (Lipinski definition) is 15. The maximum absolute atomic E-state index is 12.9. The molecule has 0 spiro atoms.